The van der Waals surface area contributed by atoms with Gasteiger partial charge in [0.25, 0.3) is 5.91 Å². The fourth-order valence-electron chi connectivity index (χ4n) is 2.13. The number of benzene rings is 1. The molecule has 0 spiro atoms. The molecule has 0 unspecified atom stereocenters. The monoisotopic (exact) mass is 375 g/mol. The molecule has 0 saturated heterocycles. The maximum Gasteiger partial charge on any atom is 0.331 e. The molecule has 26 heavy (non-hydrogen) atoms. The first-order valence-electron chi connectivity index (χ1n) is 7.94. The van der Waals surface area contributed by atoms with Crippen LogP contribution in [0, 0.1) is 0 Å². The molecule has 6 nitrogen and oxygen atoms in total. The Kier molecular flexibility index (Phi) is 7.23. The fraction of sp³-hybridized carbons (Fsp3) is 0.263. The van der Waals surface area contributed by atoms with Crippen molar-refractivity contribution in [1.29, 1.82) is 0 Å². The van der Waals surface area contributed by atoms with Crippen LogP contribution in [-0.2, 0) is 20.9 Å². The lowest BCUT2D eigenvalue weighted by molar-refractivity contribution is -0.150. The molecule has 1 N–H and O–H groups in total. The van der Waals surface area contributed by atoms with Crippen molar-refractivity contribution in [3.05, 3.63) is 52.2 Å². The van der Waals surface area contributed by atoms with Gasteiger partial charge in [0.1, 0.15) is 0 Å². The molecule has 0 aliphatic rings. The Labute approximate surface area is 156 Å². The normalized spacial score (nSPS) is 11.8. The zero-order valence-electron chi connectivity index (χ0n) is 14.9. The third-order valence-electron chi connectivity index (χ3n) is 3.50. The van der Waals surface area contributed by atoms with E-state index in [9.17, 15) is 9.59 Å². The highest BCUT2D eigenvalue weighted by molar-refractivity contribution is 7.10. The van der Waals surface area contributed by atoms with E-state index >= 15 is 0 Å². The summed E-state index contributed by atoms with van der Waals surface area (Å²) in [7, 11) is 3.10. The molecular weight excluding hydrogens is 354 g/mol. The van der Waals surface area contributed by atoms with E-state index in [2.05, 4.69) is 5.32 Å². The third-order valence-corrected chi connectivity index (χ3v) is 4.34. The van der Waals surface area contributed by atoms with Gasteiger partial charge in [0.05, 0.1) is 14.2 Å². The van der Waals surface area contributed by atoms with Crippen LogP contribution in [0.1, 0.15) is 17.4 Å². The quantitative estimate of drug-likeness (QED) is 0.567. The SMILES string of the molecule is COc1ccc(CNC(=O)[C@H](C)OC(=O)/C=C/c2cccs2)cc1OC. The number of methoxy groups -OCH3 is 2. The number of carbonyl (C=O) groups is 2. The second-order valence-electron chi connectivity index (χ2n) is 5.34. The Balaban J connectivity index is 1.84. The molecular formula is C19H21NO5S. The van der Waals surface area contributed by atoms with Gasteiger partial charge in [0.15, 0.2) is 17.6 Å². The number of hydrogen-bond acceptors (Lipinski definition) is 6. The largest absolute Gasteiger partial charge is 0.493 e. The predicted molar refractivity (Wildman–Crippen MR) is 100 cm³/mol. The molecule has 0 radical (unpaired) electrons. The second kappa shape index (κ2) is 9.62. The number of amides is 1. The molecule has 0 aliphatic carbocycles. The molecule has 1 aromatic carbocycles. The number of esters is 1. The minimum atomic E-state index is -0.893. The summed E-state index contributed by atoms with van der Waals surface area (Å²) in [4.78, 5) is 24.8. The number of rotatable bonds is 8. The summed E-state index contributed by atoms with van der Waals surface area (Å²) in [6.45, 7) is 1.81. The van der Waals surface area contributed by atoms with E-state index in [0.717, 1.165) is 10.4 Å². The van der Waals surface area contributed by atoms with Gasteiger partial charge in [-0.15, -0.1) is 11.3 Å². The van der Waals surface area contributed by atoms with E-state index in [4.69, 9.17) is 14.2 Å². The molecule has 0 fully saturated rings. The van der Waals surface area contributed by atoms with E-state index < -0.39 is 12.1 Å². The summed E-state index contributed by atoms with van der Waals surface area (Å²) in [5, 5.41) is 4.64. The smallest absolute Gasteiger partial charge is 0.331 e. The Hall–Kier alpha value is -2.80. The van der Waals surface area contributed by atoms with Crippen LogP contribution in [0.2, 0.25) is 0 Å². The van der Waals surface area contributed by atoms with Crippen LogP contribution in [0.3, 0.4) is 0 Å². The molecule has 0 saturated carbocycles. The lowest BCUT2D eigenvalue weighted by atomic mass is 10.2. The first-order chi connectivity index (χ1) is 12.5. The van der Waals surface area contributed by atoms with E-state index in [1.807, 2.05) is 23.6 Å². The van der Waals surface area contributed by atoms with E-state index in [0.29, 0.717) is 11.5 Å². The van der Waals surface area contributed by atoms with Gasteiger partial charge in [-0.1, -0.05) is 12.1 Å². The van der Waals surface area contributed by atoms with Crippen molar-refractivity contribution >= 4 is 29.3 Å². The van der Waals surface area contributed by atoms with Crippen LogP contribution in [-0.4, -0.2) is 32.2 Å². The van der Waals surface area contributed by atoms with Crippen molar-refractivity contribution in [3.8, 4) is 11.5 Å². The van der Waals surface area contributed by atoms with E-state index in [-0.39, 0.29) is 12.5 Å². The van der Waals surface area contributed by atoms with E-state index in [1.165, 1.54) is 24.3 Å². The fourth-order valence-corrected chi connectivity index (χ4v) is 2.74. The summed E-state index contributed by atoms with van der Waals surface area (Å²) in [5.41, 5.74) is 0.840. The number of thiophene rings is 1. The third kappa shape index (κ3) is 5.63. The molecule has 2 rings (SSSR count). The molecule has 2 aromatic rings. The first kappa shape index (κ1) is 19.5. The molecule has 138 valence electrons. The maximum atomic E-state index is 12.1. The minimum Gasteiger partial charge on any atom is -0.493 e. The van der Waals surface area contributed by atoms with Gasteiger partial charge >= 0.3 is 5.97 Å². The second-order valence-corrected chi connectivity index (χ2v) is 6.31. The van der Waals surface area contributed by atoms with Crippen LogP contribution in [0.15, 0.2) is 41.8 Å². The molecule has 1 amide bonds. The van der Waals surface area contributed by atoms with Gasteiger partial charge in [-0.2, -0.15) is 0 Å². The molecule has 1 heterocycles. The lowest BCUT2D eigenvalue weighted by Crippen LogP contribution is -2.35. The molecule has 1 atom stereocenters. The zero-order chi connectivity index (χ0) is 18.9. The summed E-state index contributed by atoms with van der Waals surface area (Å²) in [5.74, 6) is 0.254. The van der Waals surface area contributed by atoms with Gasteiger partial charge < -0.3 is 19.5 Å². The van der Waals surface area contributed by atoms with Crippen LogP contribution in [0.5, 0.6) is 11.5 Å². The van der Waals surface area contributed by atoms with Crippen LogP contribution in [0.4, 0.5) is 0 Å². The van der Waals surface area contributed by atoms with Crippen molar-refractivity contribution < 1.29 is 23.8 Å². The van der Waals surface area contributed by atoms with Gasteiger partial charge in [-0.05, 0) is 42.1 Å². The average Bonchev–Trinajstić information content (AvgIpc) is 3.17. The molecule has 7 heteroatoms. The van der Waals surface area contributed by atoms with Gasteiger partial charge in [-0.3, -0.25) is 4.79 Å². The van der Waals surface area contributed by atoms with Crippen molar-refractivity contribution in [1.82, 2.24) is 5.32 Å². The number of carbonyl (C=O) groups excluding carboxylic acids is 2. The number of ether oxygens (including phenoxy) is 3. The first-order valence-corrected chi connectivity index (χ1v) is 8.82. The highest BCUT2D eigenvalue weighted by atomic mass is 32.1. The Morgan fingerprint density at radius 2 is 1.96 bits per heavy atom. The molecule has 1 aromatic heterocycles. The van der Waals surface area contributed by atoms with Crippen molar-refractivity contribution in [3.63, 3.8) is 0 Å². The minimum absolute atomic E-state index is 0.284. The van der Waals surface area contributed by atoms with Crippen LogP contribution >= 0.6 is 11.3 Å². The summed E-state index contributed by atoms with van der Waals surface area (Å²) < 4.78 is 15.5. The van der Waals surface area contributed by atoms with Gasteiger partial charge in [0.2, 0.25) is 0 Å². The number of nitrogens with one attached hydrogen (secondary N) is 1. The predicted octanol–water partition coefficient (Wildman–Crippen LogP) is 3.03. The molecule has 0 bridgehead atoms. The van der Waals surface area contributed by atoms with Crippen molar-refractivity contribution in [2.45, 2.75) is 19.6 Å². The number of hydrogen-bond donors (Lipinski definition) is 1. The topological polar surface area (TPSA) is 73.9 Å². The maximum absolute atomic E-state index is 12.1. The van der Waals surface area contributed by atoms with Crippen molar-refractivity contribution in [2.24, 2.45) is 0 Å². The van der Waals surface area contributed by atoms with Crippen molar-refractivity contribution in [2.75, 3.05) is 14.2 Å². The highest BCUT2D eigenvalue weighted by Crippen LogP contribution is 2.27. The Bertz CT molecular complexity index is 770. The van der Waals surface area contributed by atoms with E-state index in [1.54, 1.807) is 32.4 Å². The molecule has 0 aliphatic heterocycles. The Morgan fingerprint density at radius 3 is 2.62 bits per heavy atom. The summed E-state index contributed by atoms with van der Waals surface area (Å²) >= 11 is 1.51. The van der Waals surface area contributed by atoms with Crippen LogP contribution in [0.25, 0.3) is 6.08 Å². The highest BCUT2D eigenvalue weighted by Gasteiger charge is 2.16. The standard InChI is InChI=1S/C19H21NO5S/c1-13(25-18(21)9-7-15-5-4-10-26-15)19(22)20-12-14-6-8-16(23-2)17(11-14)24-3/h4-11,13H,12H2,1-3H3,(H,20,22)/b9-7+/t13-/m0/s1. The summed E-state index contributed by atoms with van der Waals surface area (Å²) in [6, 6.07) is 9.13. The van der Waals surface area contributed by atoms with Gasteiger partial charge in [0, 0.05) is 17.5 Å². The average molecular weight is 375 g/mol. The zero-order valence-corrected chi connectivity index (χ0v) is 15.7. The summed E-state index contributed by atoms with van der Waals surface area (Å²) in [6.07, 6.45) is 2.07. The Morgan fingerprint density at radius 1 is 1.19 bits per heavy atom. The lowest BCUT2D eigenvalue weighted by Gasteiger charge is -2.13. The van der Waals surface area contributed by atoms with Crippen LogP contribution < -0.4 is 14.8 Å². The van der Waals surface area contributed by atoms with Gasteiger partial charge in [-0.25, -0.2) is 4.79 Å².